The second kappa shape index (κ2) is 16.9. The van der Waals surface area contributed by atoms with E-state index in [1.54, 1.807) is 6.21 Å². The number of aryl methyl sites for hydroxylation is 1. The smallest absolute Gasteiger partial charge is 0.174 e. The minimum Gasteiger partial charge on any atom is -0.405 e. The van der Waals surface area contributed by atoms with Gasteiger partial charge in [0.25, 0.3) is 0 Å². The molecule has 0 atom stereocenters. The van der Waals surface area contributed by atoms with E-state index < -0.39 is 0 Å². The number of aromatic nitrogens is 1. The number of rotatable bonds is 10. The van der Waals surface area contributed by atoms with Gasteiger partial charge in [0.1, 0.15) is 0 Å². The van der Waals surface area contributed by atoms with Crippen LogP contribution < -0.4 is 20.3 Å². The van der Waals surface area contributed by atoms with E-state index in [-0.39, 0.29) is 0 Å². The summed E-state index contributed by atoms with van der Waals surface area (Å²) in [5, 5.41) is 12.5. The summed E-state index contributed by atoms with van der Waals surface area (Å²) in [6, 6.07) is 32.9. The van der Waals surface area contributed by atoms with Crippen LogP contribution in [-0.2, 0) is 13.0 Å². The number of benzene rings is 3. The monoisotopic (exact) mass is 545 g/mol. The minimum absolute atomic E-state index is 0.894. The summed E-state index contributed by atoms with van der Waals surface area (Å²) in [5.74, 6) is 0. The van der Waals surface area contributed by atoms with Crippen LogP contribution in [-0.4, -0.2) is 26.5 Å². The molecule has 4 aromatic rings. The van der Waals surface area contributed by atoms with Crippen LogP contribution in [0.4, 0.5) is 11.4 Å². The zero-order valence-corrected chi connectivity index (χ0v) is 24.5. The largest absolute Gasteiger partial charge is 0.405 e. The molecule has 3 aromatic carbocycles. The van der Waals surface area contributed by atoms with Crippen molar-refractivity contribution in [1.82, 2.24) is 0 Å². The summed E-state index contributed by atoms with van der Waals surface area (Å²) in [7, 11) is 3.86. The number of pyridine rings is 1. The molecular formula is C35H41N6+. The summed E-state index contributed by atoms with van der Waals surface area (Å²) < 4.78 is 2.20. The first-order chi connectivity index (χ1) is 20.0. The maximum absolute atomic E-state index is 5.33. The van der Waals surface area contributed by atoms with E-state index in [9.17, 15) is 0 Å². The van der Waals surface area contributed by atoms with E-state index in [1.807, 2.05) is 110 Å². The van der Waals surface area contributed by atoms with E-state index in [0.717, 1.165) is 35.5 Å². The molecule has 4 rings (SSSR count). The van der Waals surface area contributed by atoms with Gasteiger partial charge in [0.2, 0.25) is 0 Å². The molecule has 0 aliphatic heterocycles. The number of hydrazone groups is 2. The molecule has 0 saturated heterocycles. The molecule has 210 valence electrons. The highest BCUT2D eigenvalue weighted by atomic mass is 15.4. The lowest BCUT2D eigenvalue weighted by atomic mass is 10.1. The van der Waals surface area contributed by atoms with Crippen LogP contribution in [0, 0.1) is 0 Å². The molecule has 1 aromatic heterocycles. The lowest BCUT2D eigenvalue weighted by molar-refractivity contribution is -0.688. The van der Waals surface area contributed by atoms with Crippen molar-refractivity contribution < 1.29 is 4.57 Å². The normalized spacial score (nSPS) is 11.6. The first-order valence-electron chi connectivity index (χ1n) is 13.8. The van der Waals surface area contributed by atoms with Crippen molar-refractivity contribution in [3.8, 4) is 0 Å². The van der Waals surface area contributed by atoms with E-state index in [0.29, 0.717) is 0 Å². The Bertz CT molecular complexity index is 1420. The van der Waals surface area contributed by atoms with Gasteiger partial charge < -0.3 is 5.73 Å². The zero-order valence-electron chi connectivity index (χ0n) is 24.5. The van der Waals surface area contributed by atoms with Crippen LogP contribution >= 0.6 is 0 Å². The number of allylic oxidation sites excluding steroid dienone is 3. The van der Waals surface area contributed by atoms with Crippen molar-refractivity contribution in [2.45, 2.75) is 26.8 Å². The third kappa shape index (κ3) is 10.3. The molecule has 0 saturated carbocycles. The van der Waals surface area contributed by atoms with Crippen LogP contribution in [0.2, 0.25) is 0 Å². The molecule has 6 heteroatoms. The summed E-state index contributed by atoms with van der Waals surface area (Å²) in [5.41, 5.74) is 12.3. The van der Waals surface area contributed by atoms with E-state index >= 15 is 0 Å². The van der Waals surface area contributed by atoms with Crippen molar-refractivity contribution in [3.05, 3.63) is 150 Å². The number of anilines is 2. The molecule has 0 amide bonds. The van der Waals surface area contributed by atoms with Gasteiger partial charge >= 0.3 is 0 Å². The molecule has 0 bridgehead atoms. The van der Waals surface area contributed by atoms with Crippen molar-refractivity contribution in [2.24, 2.45) is 15.9 Å². The molecule has 6 nitrogen and oxygen atoms in total. The minimum atomic E-state index is 0.894. The van der Waals surface area contributed by atoms with Crippen molar-refractivity contribution >= 4 is 23.8 Å². The number of hydrogen-bond donors (Lipinski definition) is 1. The van der Waals surface area contributed by atoms with Gasteiger partial charge in [0, 0.05) is 37.4 Å². The molecule has 2 N–H and O–H groups in total. The van der Waals surface area contributed by atoms with Gasteiger partial charge in [-0.2, -0.15) is 10.2 Å². The summed E-state index contributed by atoms with van der Waals surface area (Å²) in [6.45, 7) is 5.04. The van der Waals surface area contributed by atoms with Gasteiger partial charge in [-0.1, -0.05) is 73.7 Å². The predicted molar refractivity (Wildman–Crippen MR) is 174 cm³/mol. The Morgan fingerprint density at radius 3 is 1.83 bits per heavy atom. The van der Waals surface area contributed by atoms with E-state index in [4.69, 9.17) is 5.73 Å². The lowest BCUT2D eigenvalue weighted by Crippen LogP contribution is -2.33. The molecule has 0 radical (unpaired) electrons. The molecule has 0 aliphatic carbocycles. The Kier molecular flexibility index (Phi) is 12.6. The topological polar surface area (TPSA) is 61.1 Å². The maximum Gasteiger partial charge on any atom is 0.174 e. The first kappa shape index (κ1) is 30.6. The molecule has 41 heavy (non-hydrogen) atoms. The highest BCUT2D eigenvalue weighted by Crippen LogP contribution is 2.12. The van der Waals surface area contributed by atoms with Crippen LogP contribution in [0.15, 0.2) is 144 Å². The Hall–Kier alpha value is -4.97. The van der Waals surface area contributed by atoms with Crippen LogP contribution in [0.25, 0.3) is 0 Å². The molecule has 0 aliphatic rings. The first-order valence-corrected chi connectivity index (χ1v) is 13.8. The van der Waals surface area contributed by atoms with Gasteiger partial charge in [0.05, 0.1) is 23.8 Å². The van der Waals surface area contributed by atoms with Crippen LogP contribution in [0.1, 0.15) is 30.5 Å². The number of nitrogens with zero attached hydrogens (tertiary/aromatic N) is 5. The Morgan fingerprint density at radius 2 is 1.29 bits per heavy atom. The maximum atomic E-state index is 5.33. The molecule has 0 fully saturated rings. The SMILES string of the molecule is C/C=C(\C=C/N)/C=N/N(C)c1ccccc1.CCc1ccccc1C[n+]1ccc(/C=N/N(C)c2ccccc2)cc1. The number of hydrogen-bond acceptors (Lipinski definition) is 5. The number of nitrogens with two attached hydrogens (primary N) is 1. The Labute approximate surface area is 245 Å². The van der Waals surface area contributed by atoms with E-state index in [2.05, 4.69) is 70.5 Å². The fourth-order valence-electron chi connectivity index (χ4n) is 3.97. The standard InChI is InChI=1S/C22H24N3.C13H17N3/c1-3-20-9-7-8-10-21(20)18-25-15-13-19(14-16-25)17-23-24(2)22-11-5-4-6-12-22;1-3-12(9-10-14)11-15-16(2)13-7-5-4-6-8-13/h4-17H,3,18H2,1-2H3;3-11H,14H2,1-2H3/q+1;/b;10-9-,12-3+,15-11+. The fraction of sp³-hybridized carbons (Fsp3) is 0.171. The van der Waals surface area contributed by atoms with Gasteiger partial charge in [-0.25, -0.2) is 4.57 Å². The molecule has 1 heterocycles. The Morgan fingerprint density at radius 1 is 0.756 bits per heavy atom. The second-order valence-corrected chi connectivity index (χ2v) is 9.28. The predicted octanol–water partition coefficient (Wildman–Crippen LogP) is 6.58. The summed E-state index contributed by atoms with van der Waals surface area (Å²) in [4.78, 5) is 0. The molecule has 0 spiro atoms. The quantitative estimate of drug-likeness (QED) is 0.106. The average Bonchev–Trinajstić information content (AvgIpc) is 3.03. The highest BCUT2D eigenvalue weighted by Gasteiger charge is 2.06. The highest BCUT2D eigenvalue weighted by molar-refractivity contribution is 5.82. The third-order valence-corrected chi connectivity index (χ3v) is 6.41. The van der Waals surface area contributed by atoms with Crippen molar-refractivity contribution in [1.29, 1.82) is 0 Å². The average molecular weight is 546 g/mol. The molecule has 0 unspecified atom stereocenters. The molecular weight excluding hydrogens is 504 g/mol. The van der Waals surface area contributed by atoms with Crippen LogP contribution in [0.5, 0.6) is 0 Å². The Balaban J connectivity index is 0.000000250. The van der Waals surface area contributed by atoms with Gasteiger partial charge in [0.15, 0.2) is 18.9 Å². The van der Waals surface area contributed by atoms with Crippen LogP contribution in [0.3, 0.4) is 0 Å². The van der Waals surface area contributed by atoms with Gasteiger partial charge in [-0.15, -0.1) is 0 Å². The summed E-state index contributed by atoms with van der Waals surface area (Å²) in [6.07, 6.45) is 14.2. The van der Waals surface area contributed by atoms with Gasteiger partial charge in [-0.3, -0.25) is 10.0 Å². The fourth-order valence-corrected chi connectivity index (χ4v) is 3.97. The second-order valence-electron chi connectivity index (χ2n) is 9.28. The lowest BCUT2D eigenvalue weighted by Gasteiger charge is -2.12. The third-order valence-electron chi connectivity index (χ3n) is 6.41. The van der Waals surface area contributed by atoms with Crippen molar-refractivity contribution in [2.75, 3.05) is 24.1 Å². The summed E-state index contributed by atoms with van der Waals surface area (Å²) >= 11 is 0. The number of para-hydroxylation sites is 2. The van der Waals surface area contributed by atoms with Crippen molar-refractivity contribution in [3.63, 3.8) is 0 Å². The van der Waals surface area contributed by atoms with E-state index in [1.165, 1.54) is 17.3 Å². The van der Waals surface area contributed by atoms with Gasteiger partial charge in [-0.05, 0) is 61.0 Å². The zero-order chi connectivity index (χ0) is 29.3.